The number of H-pyrrole nitrogens is 1. The zero-order valence-electron chi connectivity index (χ0n) is 9.01. The summed E-state index contributed by atoms with van der Waals surface area (Å²) >= 11 is 0. The molecule has 0 atom stereocenters. The van der Waals surface area contributed by atoms with E-state index in [9.17, 15) is 9.59 Å². The van der Waals surface area contributed by atoms with Gasteiger partial charge in [0.15, 0.2) is 6.29 Å². The van der Waals surface area contributed by atoms with E-state index in [4.69, 9.17) is 5.11 Å². The lowest BCUT2D eigenvalue weighted by Crippen LogP contribution is -1.89. The molecule has 4 nitrogen and oxygen atoms in total. The molecule has 17 heavy (non-hydrogen) atoms. The van der Waals surface area contributed by atoms with E-state index in [1.807, 2.05) is 18.2 Å². The van der Waals surface area contributed by atoms with Crippen LogP contribution in [0.3, 0.4) is 0 Å². The fourth-order valence-corrected chi connectivity index (χ4v) is 1.76. The van der Waals surface area contributed by atoms with Crippen molar-refractivity contribution in [3.8, 4) is 0 Å². The van der Waals surface area contributed by atoms with Crippen LogP contribution in [-0.4, -0.2) is 22.3 Å². The van der Waals surface area contributed by atoms with Crippen LogP contribution < -0.4 is 0 Å². The standard InChI is InChI=1S/C13H11NO3/c15-8-10-7-14-11-5-1-3-9(13(10)11)4-2-6-12(16)17/h1-5,7-8,14H,6H2,(H,16,17). The molecule has 0 bridgehead atoms. The molecule has 86 valence electrons. The smallest absolute Gasteiger partial charge is 0.307 e. The Hall–Kier alpha value is -2.36. The molecule has 2 N–H and O–H groups in total. The van der Waals surface area contributed by atoms with Crippen LogP contribution in [0.5, 0.6) is 0 Å². The Bertz CT molecular complexity index is 596. The van der Waals surface area contributed by atoms with Gasteiger partial charge in [0.1, 0.15) is 0 Å². The van der Waals surface area contributed by atoms with Crippen LogP contribution in [0.4, 0.5) is 0 Å². The highest BCUT2D eigenvalue weighted by atomic mass is 16.4. The minimum Gasteiger partial charge on any atom is -0.481 e. The summed E-state index contributed by atoms with van der Waals surface area (Å²) in [5.41, 5.74) is 2.28. The van der Waals surface area contributed by atoms with E-state index in [-0.39, 0.29) is 6.42 Å². The number of carboxylic acids is 1. The van der Waals surface area contributed by atoms with Crippen LogP contribution in [-0.2, 0) is 4.79 Å². The first-order valence-corrected chi connectivity index (χ1v) is 5.16. The number of fused-ring (bicyclic) bond motifs is 1. The van der Waals surface area contributed by atoms with Crippen LogP contribution in [0.2, 0.25) is 0 Å². The van der Waals surface area contributed by atoms with Crippen molar-refractivity contribution in [2.24, 2.45) is 0 Å². The number of rotatable bonds is 4. The van der Waals surface area contributed by atoms with Gasteiger partial charge in [-0.1, -0.05) is 24.3 Å². The molecule has 0 aliphatic heterocycles. The third-order valence-corrected chi connectivity index (χ3v) is 2.49. The van der Waals surface area contributed by atoms with Gasteiger partial charge in [0.2, 0.25) is 0 Å². The van der Waals surface area contributed by atoms with Crippen molar-refractivity contribution >= 4 is 29.2 Å². The fourth-order valence-electron chi connectivity index (χ4n) is 1.76. The molecule has 4 heteroatoms. The highest BCUT2D eigenvalue weighted by molar-refractivity contribution is 6.01. The largest absolute Gasteiger partial charge is 0.481 e. The quantitative estimate of drug-likeness (QED) is 0.791. The Balaban J connectivity index is 2.45. The molecular weight excluding hydrogens is 218 g/mol. The molecule has 2 rings (SSSR count). The summed E-state index contributed by atoms with van der Waals surface area (Å²) in [7, 11) is 0. The van der Waals surface area contributed by atoms with E-state index >= 15 is 0 Å². The molecule has 0 aliphatic rings. The molecule has 0 radical (unpaired) electrons. The maximum Gasteiger partial charge on any atom is 0.307 e. The van der Waals surface area contributed by atoms with E-state index in [1.165, 1.54) is 0 Å². The first kappa shape index (κ1) is 11.1. The normalized spacial score (nSPS) is 11.1. The van der Waals surface area contributed by atoms with Crippen LogP contribution in [0.25, 0.3) is 17.0 Å². The zero-order valence-corrected chi connectivity index (χ0v) is 9.01. The minimum atomic E-state index is -0.877. The van der Waals surface area contributed by atoms with Gasteiger partial charge >= 0.3 is 5.97 Å². The third kappa shape index (κ3) is 2.25. The van der Waals surface area contributed by atoms with Crippen molar-refractivity contribution in [1.82, 2.24) is 4.98 Å². The predicted molar refractivity (Wildman–Crippen MR) is 65.0 cm³/mol. The second kappa shape index (κ2) is 4.65. The van der Waals surface area contributed by atoms with Gasteiger partial charge in [-0.2, -0.15) is 0 Å². The first-order valence-electron chi connectivity index (χ1n) is 5.16. The molecule has 2 aromatic rings. The van der Waals surface area contributed by atoms with Crippen LogP contribution in [0.15, 0.2) is 30.5 Å². The number of hydrogen-bond acceptors (Lipinski definition) is 2. The Kier molecular flexibility index (Phi) is 3.05. The van der Waals surface area contributed by atoms with Gasteiger partial charge < -0.3 is 10.1 Å². The lowest BCUT2D eigenvalue weighted by atomic mass is 10.1. The maximum atomic E-state index is 10.9. The van der Waals surface area contributed by atoms with E-state index in [0.717, 1.165) is 22.8 Å². The number of carboxylic acid groups (broad SMARTS) is 1. The summed E-state index contributed by atoms with van der Waals surface area (Å²) in [6, 6.07) is 5.58. The molecule has 0 saturated heterocycles. The number of aliphatic carboxylic acids is 1. The molecule has 0 amide bonds. The number of hydrogen-bond donors (Lipinski definition) is 2. The molecule has 1 aromatic carbocycles. The van der Waals surface area contributed by atoms with Crippen LogP contribution in [0.1, 0.15) is 22.3 Å². The number of aldehydes is 1. The summed E-state index contributed by atoms with van der Waals surface area (Å²) in [6.45, 7) is 0. The lowest BCUT2D eigenvalue weighted by molar-refractivity contribution is -0.135. The number of carbonyl (C=O) groups excluding carboxylic acids is 1. The Morgan fingerprint density at radius 3 is 2.88 bits per heavy atom. The Morgan fingerprint density at radius 1 is 1.35 bits per heavy atom. The number of aromatic amines is 1. The molecule has 0 unspecified atom stereocenters. The predicted octanol–water partition coefficient (Wildman–Crippen LogP) is 2.47. The van der Waals surface area contributed by atoms with Gasteiger partial charge in [0.25, 0.3) is 0 Å². The molecule has 1 aromatic heterocycles. The van der Waals surface area contributed by atoms with Crippen molar-refractivity contribution in [3.63, 3.8) is 0 Å². The van der Waals surface area contributed by atoms with E-state index in [1.54, 1.807) is 18.3 Å². The number of benzene rings is 1. The Morgan fingerprint density at radius 2 is 2.18 bits per heavy atom. The van der Waals surface area contributed by atoms with Gasteiger partial charge in [-0.25, -0.2) is 0 Å². The number of nitrogens with one attached hydrogen (secondary N) is 1. The van der Waals surface area contributed by atoms with Gasteiger partial charge in [-0.05, 0) is 11.6 Å². The topological polar surface area (TPSA) is 70.2 Å². The molecule has 0 spiro atoms. The summed E-state index contributed by atoms with van der Waals surface area (Å²) in [4.78, 5) is 24.3. The van der Waals surface area contributed by atoms with Gasteiger partial charge in [-0.15, -0.1) is 0 Å². The lowest BCUT2D eigenvalue weighted by Gasteiger charge is -1.97. The van der Waals surface area contributed by atoms with Crippen molar-refractivity contribution in [2.45, 2.75) is 6.42 Å². The molecule has 0 saturated carbocycles. The fraction of sp³-hybridized carbons (Fsp3) is 0.0769. The van der Waals surface area contributed by atoms with Crippen molar-refractivity contribution in [1.29, 1.82) is 0 Å². The highest BCUT2D eigenvalue weighted by Crippen LogP contribution is 2.22. The number of carbonyl (C=O) groups is 2. The van der Waals surface area contributed by atoms with E-state index in [2.05, 4.69) is 4.98 Å². The maximum absolute atomic E-state index is 10.9. The third-order valence-electron chi connectivity index (χ3n) is 2.49. The van der Waals surface area contributed by atoms with Gasteiger partial charge in [0, 0.05) is 22.7 Å². The Labute approximate surface area is 97.6 Å². The van der Waals surface area contributed by atoms with Crippen molar-refractivity contribution < 1.29 is 14.7 Å². The van der Waals surface area contributed by atoms with Gasteiger partial charge in [0.05, 0.1) is 6.42 Å². The van der Waals surface area contributed by atoms with Gasteiger partial charge in [-0.3, -0.25) is 9.59 Å². The second-order valence-corrected chi connectivity index (χ2v) is 3.63. The highest BCUT2D eigenvalue weighted by Gasteiger charge is 2.05. The zero-order chi connectivity index (χ0) is 12.3. The van der Waals surface area contributed by atoms with E-state index in [0.29, 0.717) is 5.56 Å². The summed E-state index contributed by atoms with van der Waals surface area (Å²) in [5.74, 6) is -0.877. The second-order valence-electron chi connectivity index (χ2n) is 3.63. The van der Waals surface area contributed by atoms with Crippen molar-refractivity contribution in [2.75, 3.05) is 0 Å². The SMILES string of the molecule is O=Cc1c[nH]c2cccc(C=CCC(=O)O)c12. The summed E-state index contributed by atoms with van der Waals surface area (Å²) in [6.07, 6.45) is 5.69. The average Bonchev–Trinajstić information content (AvgIpc) is 2.72. The minimum absolute atomic E-state index is 0.0305. The average molecular weight is 229 g/mol. The first-order chi connectivity index (χ1) is 8.22. The van der Waals surface area contributed by atoms with E-state index < -0.39 is 5.97 Å². The molecule has 0 aliphatic carbocycles. The van der Waals surface area contributed by atoms with Crippen molar-refractivity contribution in [3.05, 3.63) is 41.6 Å². The van der Waals surface area contributed by atoms with Crippen LogP contribution >= 0.6 is 0 Å². The molecular formula is C13H11NO3. The molecule has 1 heterocycles. The number of aromatic nitrogens is 1. The van der Waals surface area contributed by atoms with Crippen LogP contribution in [0, 0.1) is 0 Å². The molecule has 0 fully saturated rings. The summed E-state index contributed by atoms with van der Waals surface area (Å²) < 4.78 is 0. The summed E-state index contributed by atoms with van der Waals surface area (Å²) in [5, 5.41) is 9.38. The monoisotopic (exact) mass is 229 g/mol.